The van der Waals surface area contributed by atoms with E-state index in [0.29, 0.717) is 18.8 Å². The maximum Gasteiger partial charge on any atom is 0.213 e. The Kier molecular flexibility index (Phi) is 4.98. The van der Waals surface area contributed by atoms with Gasteiger partial charge in [0.05, 0.1) is 17.1 Å². The fourth-order valence-corrected chi connectivity index (χ4v) is 2.36. The molecule has 0 spiro atoms. The van der Waals surface area contributed by atoms with E-state index in [-0.39, 0.29) is 5.75 Å². The normalized spacial score (nSPS) is 11.8. The Labute approximate surface area is 109 Å². The van der Waals surface area contributed by atoms with Crippen molar-refractivity contribution in [3.63, 3.8) is 0 Å². The predicted molar refractivity (Wildman–Crippen MR) is 76.2 cm³/mol. The Morgan fingerprint density at radius 3 is 2.61 bits per heavy atom. The number of benzene rings is 1. The van der Waals surface area contributed by atoms with Crippen molar-refractivity contribution >= 4 is 21.4 Å². The molecular formula is C12H21N3O2S. The predicted octanol–water partition coefficient (Wildman–Crippen LogP) is 1.27. The summed E-state index contributed by atoms with van der Waals surface area (Å²) in [5, 5.41) is 3.14. The van der Waals surface area contributed by atoms with Crippen molar-refractivity contribution in [3.05, 3.63) is 23.8 Å². The van der Waals surface area contributed by atoms with E-state index in [1.807, 2.05) is 25.1 Å². The zero-order chi connectivity index (χ0) is 13.8. The number of sulfonamides is 1. The lowest BCUT2D eigenvalue weighted by Gasteiger charge is -2.17. The molecule has 1 aromatic carbocycles. The fourth-order valence-electron chi connectivity index (χ4n) is 1.55. The second-order valence-electron chi connectivity index (χ2n) is 4.24. The van der Waals surface area contributed by atoms with Crippen LogP contribution in [0.15, 0.2) is 18.2 Å². The quantitative estimate of drug-likeness (QED) is 0.764. The van der Waals surface area contributed by atoms with Gasteiger partial charge in [0, 0.05) is 20.1 Å². The average Bonchev–Trinajstić information content (AvgIpc) is 2.31. The van der Waals surface area contributed by atoms with E-state index in [2.05, 4.69) is 5.32 Å². The molecule has 3 N–H and O–H groups in total. The van der Waals surface area contributed by atoms with Gasteiger partial charge in [-0.2, -0.15) is 0 Å². The zero-order valence-electron chi connectivity index (χ0n) is 11.1. The molecule has 0 unspecified atom stereocenters. The van der Waals surface area contributed by atoms with E-state index in [9.17, 15) is 8.42 Å². The number of nitrogens with two attached hydrogens (primary N) is 1. The SMILES string of the molecule is CCS(=O)(=O)N(C)CCNc1ccc(C)cc1N. The third kappa shape index (κ3) is 3.89. The Morgan fingerprint density at radius 2 is 2.06 bits per heavy atom. The van der Waals surface area contributed by atoms with Crippen LogP contribution in [0.2, 0.25) is 0 Å². The lowest BCUT2D eigenvalue weighted by molar-refractivity contribution is 0.481. The third-order valence-electron chi connectivity index (χ3n) is 2.79. The van der Waals surface area contributed by atoms with Crippen LogP contribution in [0.25, 0.3) is 0 Å². The van der Waals surface area contributed by atoms with E-state index >= 15 is 0 Å². The van der Waals surface area contributed by atoms with Crippen molar-refractivity contribution in [1.29, 1.82) is 0 Å². The second-order valence-corrected chi connectivity index (χ2v) is 6.60. The van der Waals surface area contributed by atoms with Gasteiger partial charge in [-0.05, 0) is 31.5 Å². The minimum absolute atomic E-state index is 0.121. The summed E-state index contributed by atoms with van der Waals surface area (Å²) in [6, 6.07) is 5.75. The number of nitrogens with one attached hydrogen (secondary N) is 1. The van der Waals surface area contributed by atoms with Gasteiger partial charge in [-0.25, -0.2) is 12.7 Å². The topological polar surface area (TPSA) is 75.4 Å². The highest BCUT2D eigenvalue weighted by Gasteiger charge is 2.14. The molecule has 102 valence electrons. The van der Waals surface area contributed by atoms with Crippen molar-refractivity contribution < 1.29 is 8.42 Å². The fraction of sp³-hybridized carbons (Fsp3) is 0.500. The summed E-state index contributed by atoms with van der Waals surface area (Å²) >= 11 is 0. The molecule has 0 aliphatic rings. The summed E-state index contributed by atoms with van der Waals surface area (Å²) < 4.78 is 24.4. The van der Waals surface area contributed by atoms with Crippen LogP contribution in [0.3, 0.4) is 0 Å². The molecule has 0 bridgehead atoms. The highest BCUT2D eigenvalue weighted by Crippen LogP contribution is 2.18. The van der Waals surface area contributed by atoms with Crippen LogP contribution in [0.4, 0.5) is 11.4 Å². The van der Waals surface area contributed by atoms with Gasteiger partial charge in [0.25, 0.3) is 0 Å². The molecule has 0 aromatic heterocycles. The molecule has 0 aliphatic carbocycles. The standard InChI is InChI=1S/C12H21N3O2S/c1-4-18(16,17)15(3)8-7-14-12-6-5-10(2)9-11(12)13/h5-6,9,14H,4,7-8,13H2,1-3H3. The number of aryl methyl sites for hydroxylation is 1. The molecule has 6 heteroatoms. The Balaban J connectivity index is 2.52. The van der Waals surface area contributed by atoms with Crippen molar-refractivity contribution in [3.8, 4) is 0 Å². The van der Waals surface area contributed by atoms with Crippen LogP contribution in [0.5, 0.6) is 0 Å². The molecule has 0 fully saturated rings. The number of likely N-dealkylation sites (N-methyl/N-ethyl adjacent to an activating group) is 1. The largest absolute Gasteiger partial charge is 0.397 e. The molecule has 0 amide bonds. The van der Waals surface area contributed by atoms with Crippen LogP contribution < -0.4 is 11.1 Å². The van der Waals surface area contributed by atoms with Crippen molar-refractivity contribution in [2.24, 2.45) is 0 Å². The van der Waals surface area contributed by atoms with Gasteiger partial charge < -0.3 is 11.1 Å². The maximum absolute atomic E-state index is 11.5. The first-order valence-corrected chi connectivity index (χ1v) is 7.51. The summed E-state index contributed by atoms with van der Waals surface area (Å²) in [5.41, 5.74) is 8.47. The summed E-state index contributed by atoms with van der Waals surface area (Å²) in [7, 11) is -1.53. The number of anilines is 2. The van der Waals surface area contributed by atoms with Crippen molar-refractivity contribution in [2.75, 3.05) is 36.9 Å². The monoisotopic (exact) mass is 271 g/mol. The van der Waals surface area contributed by atoms with Crippen LogP contribution in [-0.4, -0.2) is 38.6 Å². The molecular weight excluding hydrogens is 250 g/mol. The molecule has 1 rings (SSSR count). The van der Waals surface area contributed by atoms with Crippen molar-refractivity contribution in [2.45, 2.75) is 13.8 Å². The molecule has 0 saturated carbocycles. The first kappa shape index (κ1) is 14.8. The number of nitrogens with zero attached hydrogens (tertiary/aromatic N) is 1. The van der Waals surface area contributed by atoms with E-state index in [4.69, 9.17) is 5.73 Å². The highest BCUT2D eigenvalue weighted by molar-refractivity contribution is 7.89. The summed E-state index contributed by atoms with van der Waals surface area (Å²) in [6.45, 7) is 4.56. The molecule has 5 nitrogen and oxygen atoms in total. The minimum Gasteiger partial charge on any atom is -0.397 e. The summed E-state index contributed by atoms with van der Waals surface area (Å²) in [5.74, 6) is 0.121. The Morgan fingerprint density at radius 1 is 1.39 bits per heavy atom. The molecule has 0 saturated heterocycles. The van der Waals surface area contributed by atoms with Crippen molar-refractivity contribution in [1.82, 2.24) is 4.31 Å². The van der Waals surface area contributed by atoms with E-state index < -0.39 is 10.0 Å². The van der Waals surface area contributed by atoms with Crippen LogP contribution >= 0.6 is 0 Å². The van der Waals surface area contributed by atoms with Gasteiger partial charge in [-0.1, -0.05) is 6.07 Å². The maximum atomic E-state index is 11.5. The Bertz CT molecular complexity index is 500. The number of rotatable bonds is 6. The number of hydrogen-bond donors (Lipinski definition) is 2. The molecule has 1 aromatic rings. The molecule has 0 heterocycles. The highest BCUT2D eigenvalue weighted by atomic mass is 32.2. The van der Waals surface area contributed by atoms with E-state index in [1.165, 1.54) is 4.31 Å². The minimum atomic E-state index is -3.11. The summed E-state index contributed by atoms with van der Waals surface area (Å²) in [4.78, 5) is 0. The van der Waals surface area contributed by atoms with Gasteiger partial charge in [0.15, 0.2) is 0 Å². The lowest BCUT2D eigenvalue weighted by Crippen LogP contribution is -2.32. The Hall–Kier alpha value is -1.27. The van der Waals surface area contributed by atoms with E-state index in [1.54, 1.807) is 14.0 Å². The number of nitrogen functional groups attached to an aromatic ring is 1. The van der Waals surface area contributed by atoms with Gasteiger partial charge in [-0.3, -0.25) is 0 Å². The van der Waals surface area contributed by atoms with Gasteiger partial charge in [0.1, 0.15) is 0 Å². The average molecular weight is 271 g/mol. The van der Waals surface area contributed by atoms with E-state index in [0.717, 1.165) is 11.3 Å². The first-order chi connectivity index (χ1) is 8.36. The first-order valence-electron chi connectivity index (χ1n) is 5.91. The van der Waals surface area contributed by atoms with Crippen LogP contribution in [-0.2, 0) is 10.0 Å². The van der Waals surface area contributed by atoms with Crippen LogP contribution in [0, 0.1) is 6.92 Å². The van der Waals surface area contributed by atoms with Crippen LogP contribution in [0.1, 0.15) is 12.5 Å². The van der Waals surface area contributed by atoms with Gasteiger partial charge in [0.2, 0.25) is 10.0 Å². The zero-order valence-corrected chi connectivity index (χ0v) is 11.9. The molecule has 0 atom stereocenters. The van der Waals surface area contributed by atoms with Gasteiger partial charge in [-0.15, -0.1) is 0 Å². The number of hydrogen-bond acceptors (Lipinski definition) is 4. The lowest BCUT2D eigenvalue weighted by atomic mass is 10.2. The molecule has 0 radical (unpaired) electrons. The molecule has 18 heavy (non-hydrogen) atoms. The molecule has 0 aliphatic heterocycles. The van der Waals surface area contributed by atoms with Gasteiger partial charge >= 0.3 is 0 Å². The second kappa shape index (κ2) is 6.06. The third-order valence-corrected chi connectivity index (χ3v) is 4.65. The summed E-state index contributed by atoms with van der Waals surface area (Å²) in [6.07, 6.45) is 0. The smallest absolute Gasteiger partial charge is 0.213 e.